The lowest BCUT2D eigenvalue weighted by Crippen LogP contribution is -2.63. The van der Waals surface area contributed by atoms with Crippen molar-refractivity contribution in [1.29, 1.82) is 0 Å². The van der Waals surface area contributed by atoms with E-state index >= 15 is 0 Å². The summed E-state index contributed by atoms with van der Waals surface area (Å²) in [5.41, 5.74) is 5.48. The molecule has 4 unspecified atom stereocenters. The summed E-state index contributed by atoms with van der Waals surface area (Å²) in [5, 5.41) is 15.7. The van der Waals surface area contributed by atoms with Gasteiger partial charge in [-0.25, -0.2) is 4.99 Å². The van der Waals surface area contributed by atoms with Gasteiger partial charge in [0, 0.05) is 6.04 Å². The third kappa shape index (κ3) is 1.46. The molecule has 2 heterocycles. The van der Waals surface area contributed by atoms with Crippen LogP contribution in [0.15, 0.2) is 9.98 Å². The van der Waals surface area contributed by atoms with Crippen LogP contribution < -0.4 is 16.4 Å². The Morgan fingerprint density at radius 2 is 2.07 bits per heavy atom. The number of rotatable bonds is 0. The second-order valence-corrected chi connectivity index (χ2v) is 3.74. The Kier molecular flexibility index (Phi) is 2.16. The van der Waals surface area contributed by atoms with Crippen LogP contribution in [0.2, 0.25) is 0 Å². The number of guanidine groups is 1. The monoisotopic (exact) mass is 197 g/mol. The van der Waals surface area contributed by atoms with Crippen LogP contribution in [0.3, 0.4) is 0 Å². The number of fused-ring (bicyclic) bond motifs is 1. The average Bonchev–Trinajstić information content (AvgIpc) is 2.08. The highest BCUT2D eigenvalue weighted by atomic mass is 16.3. The van der Waals surface area contributed by atoms with E-state index in [1.165, 1.54) is 0 Å². The summed E-state index contributed by atoms with van der Waals surface area (Å²) in [6, 6.07) is 0.148. The molecule has 6 heteroatoms. The summed E-state index contributed by atoms with van der Waals surface area (Å²) < 4.78 is 0. The Labute approximate surface area is 82.3 Å². The molecule has 0 aliphatic carbocycles. The summed E-state index contributed by atoms with van der Waals surface area (Å²) in [6.45, 7) is 4.04. The van der Waals surface area contributed by atoms with E-state index in [1.807, 2.05) is 13.8 Å². The molecule has 6 nitrogen and oxygen atoms in total. The molecule has 0 aromatic carbocycles. The molecule has 0 aromatic heterocycles. The summed E-state index contributed by atoms with van der Waals surface area (Å²) in [6.07, 6.45) is -0.843. The molecule has 2 rings (SSSR count). The van der Waals surface area contributed by atoms with Gasteiger partial charge in [0.1, 0.15) is 11.9 Å². The predicted octanol–water partition coefficient (Wildman–Crippen LogP) is -1.63. The first kappa shape index (κ1) is 9.42. The third-order valence-electron chi connectivity index (χ3n) is 2.63. The van der Waals surface area contributed by atoms with Gasteiger partial charge in [0.25, 0.3) is 0 Å². The zero-order valence-electron chi connectivity index (χ0n) is 8.23. The number of aliphatic hydroxyl groups is 1. The topological polar surface area (TPSA) is 95.0 Å². The van der Waals surface area contributed by atoms with E-state index in [9.17, 15) is 5.11 Å². The van der Waals surface area contributed by atoms with Crippen LogP contribution in [-0.2, 0) is 0 Å². The van der Waals surface area contributed by atoms with E-state index in [1.54, 1.807) is 0 Å². The second-order valence-electron chi connectivity index (χ2n) is 3.74. The molecule has 78 valence electrons. The van der Waals surface area contributed by atoms with Gasteiger partial charge in [-0.3, -0.25) is 10.3 Å². The van der Waals surface area contributed by atoms with Gasteiger partial charge >= 0.3 is 0 Å². The molecular formula is C8H15N5O. The summed E-state index contributed by atoms with van der Waals surface area (Å²) in [7, 11) is 0. The van der Waals surface area contributed by atoms with Gasteiger partial charge in [-0.05, 0) is 13.8 Å². The molecule has 0 fully saturated rings. The van der Waals surface area contributed by atoms with Crippen molar-refractivity contribution < 1.29 is 5.11 Å². The highest BCUT2D eigenvalue weighted by molar-refractivity contribution is 6.04. The third-order valence-corrected chi connectivity index (χ3v) is 2.63. The quantitative estimate of drug-likeness (QED) is 0.375. The van der Waals surface area contributed by atoms with Crippen molar-refractivity contribution in [3.63, 3.8) is 0 Å². The first-order valence-corrected chi connectivity index (χ1v) is 4.70. The summed E-state index contributed by atoms with van der Waals surface area (Å²) in [4.78, 5) is 8.23. The number of nitrogens with zero attached hydrogens (tertiary/aromatic N) is 2. The van der Waals surface area contributed by atoms with Crippen molar-refractivity contribution in [1.82, 2.24) is 10.6 Å². The van der Waals surface area contributed by atoms with Gasteiger partial charge in [0.2, 0.25) is 0 Å². The van der Waals surface area contributed by atoms with Crippen LogP contribution in [-0.4, -0.2) is 41.3 Å². The normalized spacial score (nSPS) is 41.9. The number of aliphatic imine (C=N–C) groups is 2. The lowest BCUT2D eigenvalue weighted by molar-refractivity contribution is 0.146. The molecule has 0 radical (unpaired) electrons. The van der Waals surface area contributed by atoms with Crippen molar-refractivity contribution >= 4 is 11.8 Å². The minimum absolute atomic E-state index is 0.173. The zero-order chi connectivity index (χ0) is 10.3. The van der Waals surface area contributed by atoms with Crippen molar-refractivity contribution in [2.24, 2.45) is 15.7 Å². The number of nitrogens with two attached hydrogens (primary N) is 1. The molecule has 0 saturated carbocycles. The second kappa shape index (κ2) is 3.21. The molecule has 0 saturated heterocycles. The molecule has 4 atom stereocenters. The minimum atomic E-state index is -0.843. The van der Waals surface area contributed by atoms with E-state index in [2.05, 4.69) is 20.6 Å². The lowest BCUT2D eigenvalue weighted by atomic mass is 10.1. The SMILES string of the molecule is CC1N=C2NC(N)=NC(O)C2NC1C. The highest BCUT2D eigenvalue weighted by Crippen LogP contribution is 2.12. The summed E-state index contributed by atoms with van der Waals surface area (Å²) >= 11 is 0. The summed E-state index contributed by atoms with van der Waals surface area (Å²) in [5.74, 6) is 0.895. The maximum Gasteiger partial charge on any atom is 0.196 e. The van der Waals surface area contributed by atoms with Crippen molar-refractivity contribution in [3.8, 4) is 0 Å². The van der Waals surface area contributed by atoms with Gasteiger partial charge in [-0.15, -0.1) is 0 Å². The number of hydrogen-bond acceptors (Lipinski definition) is 6. The molecule has 2 aliphatic heterocycles. The molecule has 0 amide bonds. The Hall–Kier alpha value is -1.14. The fourth-order valence-electron chi connectivity index (χ4n) is 1.63. The molecular weight excluding hydrogens is 182 g/mol. The molecule has 2 aliphatic rings. The smallest absolute Gasteiger partial charge is 0.196 e. The van der Waals surface area contributed by atoms with E-state index in [0.29, 0.717) is 5.84 Å². The first-order chi connectivity index (χ1) is 6.58. The Bertz CT molecular complexity index is 300. The van der Waals surface area contributed by atoms with Crippen LogP contribution in [0.4, 0.5) is 0 Å². The van der Waals surface area contributed by atoms with Crippen molar-refractivity contribution in [2.75, 3.05) is 0 Å². The van der Waals surface area contributed by atoms with E-state index in [-0.39, 0.29) is 24.1 Å². The zero-order valence-corrected chi connectivity index (χ0v) is 8.23. The van der Waals surface area contributed by atoms with Crippen LogP contribution in [0, 0.1) is 0 Å². The molecule has 0 spiro atoms. The number of amidine groups is 1. The van der Waals surface area contributed by atoms with Gasteiger partial charge in [0.15, 0.2) is 12.2 Å². The predicted molar refractivity (Wildman–Crippen MR) is 54.0 cm³/mol. The van der Waals surface area contributed by atoms with Crippen molar-refractivity contribution in [3.05, 3.63) is 0 Å². The Morgan fingerprint density at radius 3 is 2.79 bits per heavy atom. The molecule has 5 N–H and O–H groups in total. The maximum atomic E-state index is 9.63. The molecule has 0 aromatic rings. The van der Waals surface area contributed by atoms with E-state index in [0.717, 1.165) is 0 Å². The fraction of sp³-hybridized carbons (Fsp3) is 0.750. The molecule has 0 bridgehead atoms. The first-order valence-electron chi connectivity index (χ1n) is 4.70. The average molecular weight is 197 g/mol. The van der Waals surface area contributed by atoms with Crippen LogP contribution in [0.1, 0.15) is 13.8 Å². The number of hydrogen-bond donors (Lipinski definition) is 4. The van der Waals surface area contributed by atoms with Crippen LogP contribution >= 0.6 is 0 Å². The Morgan fingerprint density at radius 1 is 1.36 bits per heavy atom. The van der Waals surface area contributed by atoms with Crippen molar-refractivity contribution in [2.45, 2.75) is 38.2 Å². The van der Waals surface area contributed by atoms with Gasteiger partial charge in [0.05, 0.1) is 6.04 Å². The van der Waals surface area contributed by atoms with Gasteiger partial charge in [-0.2, -0.15) is 0 Å². The van der Waals surface area contributed by atoms with Crippen LogP contribution in [0.25, 0.3) is 0 Å². The largest absolute Gasteiger partial charge is 0.370 e. The van der Waals surface area contributed by atoms with E-state index < -0.39 is 6.23 Å². The highest BCUT2D eigenvalue weighted by Gasteiger charge is 2.35. The van der Waals surface area contributed by atoms with Gasteiger partial charge in [-0.1, -0.05) is 0 Å². The lowest BCUT2D eigenvalue weighted by Gasteiger charge is -2.36. The minimum Gasteiger partial charge on any atom is -0.370 e. The molecule has 14 heavy (non-hydrogen) atoms. The fourth-order valence-corrected chi connectivity index (χ4v) is 1.63. The van der Waals surface area contributed by atoms with Crippen LogP contribution in [0.5, 0.6) is 0 Å². The van der Waals surface area contributed by atoms with Gasteiger partial charge < -0.3 is 16.2 Å². The number of aliphatic hydroxyl groups excluding tert-OH is 1. The Balaban J connectivity index is 2.27. The maximum absolute atomic E-state index is 9.63. The standard InChI is InChI=1S/C8H15N5O/c1-3-4(2)11-6-5(10-3)7(14)13-8(9)12-6/h3-5,7,10,14H,1-2H3,(H3,9,11,12,13). The number of nitrogens with one attached hydrogen (secondary N) is 2. The van der Waals surface area contributed by atoms with E-state index in [4.69, 9.17) is 5.73 Å².